The van der Waals surface area contributed by atoms with E-state index in [1.807, 2.05) is 0 Å². The van der Waals surface area contributed by atoms with Gasteiger partial charge in [0.25, 0.3) is 0 Å². The van der Waals surface area contributed by atoms with Crippen molar-refractivity contribution in [1.29, 1.82) is 0 Å². The first-order chi connectivity index (χ1) is 47.3. The largest absolute Gasteiger partial charge is 0.309 e. The normalized spacial score (nSPS) is 11.8. The Bertz CT molecular complexity index is 5270. The molecule has 0 aliphatic rings. The maximum absolute atomic E-state index is 5.11. The number of anilines is 3. The van der Waals surface area contributed by atoms with Gasteiger partial charge < -0.3 is 9.47 Å². The first-order valence-corrected chi connectivity index (χ1v) is 34.2. The number of hydrogen-bond acceptors (Lipinski definition) is 4. The van der Waals surface area contributed by atoms with Crippen molar-refractivity contribution in [3.05, 3.63) is 339 Å². The van der Waals surface area contributed by atoms with E-state index in [1.165, 1.54) is 106 Å². The fraction of sp³-hybridized carbons (Fsp3) is 0.0870. The first-order valence-electron chi connectivity index (χ1n) is 33.5. The molecular formula is C92H72N4S. The van der Waals surface area contributed by atoms with E-state index in [4.69, 9.17) is 8.75 Å². The maximum Gasteiger partial charge on any atom is 0.129 e. The van der Waals surface area contributed by atoms with Crippen LogP contribution < -0.4 is 4.90 Å². The zero-order valence-corrected chi connectivity index (χ0v) is 56.2. The first kappa shape index (κ1) is 60.4. The highest BCUT2D eigenvalue weighted by molar-refractivity contribution is 7.00. The van der Waals surface area contributed by atoms with Crippen molar-refractivity contribution in [3.63, 3.8) is 0 Å². The second-order valence-corrected chi connectivity index (χ2v) is 28.1. The minimum Gasteiger partial charge on any atom is -0.309 e. The van der Waals surface area contributed by atoms with Crippen molar-refractivity contribution < 1.29 is 0 Å². The van der Waals surface area contributed by atoms with E-state index in [-0.39, 0.29) is 10.8 Å². The van der Waals surface area contributed by atoms with Gasteiger partial charge in [0, 0.05) is 33.4 Å². The van der Waals surface area contributed by atoms with E-state index in [1.54, 1.807) is 0 Å². The predicted octanol–water partition coefficient (Wildman–Crippen LogP) is 25.9. The summed E-state index contributed by atoms with van der Waals surface area (Å²) < 4.78 is 12.6. The Labute approximate surface area is 573 Å². The molecule has 2 heterocycles. The van der Waals surface area contributed by atoms with Crippen LogP contribution in [0.3, 0.4) is 0 Å². The van der Waals surface area contributed by atoms with Gasteiger partial charge in [-0.25, -0.2) is 0 Å². The summed E-state index contributed by atoms with van der Waals surface area (Å²) in [4.78, 5) is 2.33. The third-order valence-corrected chi connectivity index (χ3v) is 19.8. The summed E-state index contributed by atoms with van der Waals surface area (Å²) in [6.07, 6.45) is 0. The van der Waals surface area contributed by atoms with E-state index < -0.39 is 0 Å². The van der Waals surface area contributed by atoms with Crippen molar-refractivity contribution in [2.45, 2.75) is 52.4 Å². The highest BCUT2D eigenvalue weighted by atomic mass is 32.1. The number of nitrogens with zero attached hydrogens (tertiary/aromatic N) is 4. The third kappa shape index (κ3) is 11.9. The summed E-state index contributed by atoms with van der Waals surface area (Å²) in [5.41, 5.74) is 31.9. The van der Waals surface area contributed by atoms with Crippen LogP contribution in [-0.2, 0) is 10.8 Å². The van der Waals surface area contributed by atoms with E-state index in [0.29, 0.717) is 0 Å². The molecule has 0 aliphatic carbocycles. The van der Waals surface area contributed by atoms with Gasteiger partial charge in [0.15, 0.2) is 0 Å². The number of hydrogen-bond donors (Lipinski definition) is 0. The van der Waals surface area contributed by atoms with Crippen molar-refractivity contribution in [3.8, 4) is 106 Å². The molecular weight excluding hydrogens is 1190 g/mol. The lowest BCUT2D eigenvalue weighted by Crippen LogP contribution is -2.10. The van der Waals surface area contributed by atoms with Gasteiger partial charge in [0.05, 0.1) is 28.4 Å². The van der Waals surface area contributed by atoms with Crippen molar-refractivity contribution >= 4 is 61.6 Å². The lowest BCUT2D eigenvalue weighted by atomic mass is 9.86. The minimum atomic E-state index is 0.103. The van der Waals surface area contributed by atoms with Gasteiger partial charge in [-0.05, 0) is 208 Å². The Morgan fingerprint density at radius 1 is 0.268 bits per heavy atom. The summed E-state index contributed by atoms with van der Waals surface area (Å²) in [6, 6.07) is 120. The van der Waals surface area contributed by atoms with Crippen LogP contribution in [0.5, 0.6) is 0 Å². The molecule has 466 valence electrons. The Kier molecular flexibility index (Phi) is 15.6. The summed E-state index contributed by atoms with van der Waals surface area (Å²) in [5.74, 6) is 0. The molecule has 0 fully saturated rings. The zero-order valence-electron chi connectivity index (χ0n) is 55.4. The Morgan fingerprint density at radius 2 is 0.577 bits per heavy atom. The quantitative estimate of drug-likeness (QED) is 0.115. The molecule has 2 aromatic heterocycles. The van der Waals surface area contributed by atoms with Crippen LogP contribution in [0.2, 0.25) is 0 Å². The van der Waals surface area contributed by atoms with Gasteiger partial charge in [-0.2, -0.15) is 8.75 Å². The fourth-order valence-corrected chi connectivity index (χ4v) is 14.4. The van der Waals surface area contributed by atoms with Crippen LogP contribution in [0.15, 0.2) is 328 Å². The number of rotatable bonds is 13. The predicted molar refractivity (Wildman–Crippen MR) is 413 cm³/mol. The molecule has 14 aromatic carbocycles. The molecule has 0 radical (unpaired) electrons. The van der Waals surface area contributed by atoms with Crippen molar-refractivity contribution in [2.75, 3.05) is 4.90 Å². The molecule has 5 heteroatoms. The molecule has 16 rings (SSSR count). The topological polar surface area (TPSA) is 34.0 Å². The second-order valence-electron chi connectivity index (χ2n) is 27.6. The number of fused-ring (bicyclic) bond motifs is 4. The van der Waals surface area contributed by atoms with Gasteiger partial charge in [-0.15, -0.1) is 0 Å². The standard InChI is InChI=1S/C92H72N4S/c1-91(2,3)78-42-30-66(31-43-78)64-22-26-69(27-23-64)73-40-53-86-84(59-73)85-60-74(70-28-24-65(25-29-70)67-32-44-79(45-33-67)92(4,5)6)41-54-87(85)96(86)82-50-38-72(39-51-82)83-52-55-88(90-89(83)93-97-94-90)95(80-46-34-68(35-47-80)61-16-10-7-11-17-61)81-48-36-71(37-49-81)77-57-75(62-18-12-8-13-19-62)56-76(58-77)63-20-14-9-15-21-63/h7-60H,1-6H3. The fourth-order valence-electron chi connectivity index (χ4n) is 13.8. The molecule has 0 spiro atoms. The van der Waals surface area contributed by atoms with Crippen LogP contribution in [-0.4, -0.2) is 13.3 Å². The average Bonchev–Trinajstić information content (AvgIpc) is 1.60. The molecule has 97 heavy (non-hydrogen) atoms. The Balaban J connectivity index is 0.757. The van der Waals surface area contributed by atoms with Crippen LogP contribution >= 0.6 is 11.7 Å². The monoisotopic (exact) mass is 1260 g/mol. The third-order valence-electron chi connectivity index (χ3n) is 19.3. The zero-order chi connectivity index (χ0) is 65.8. The highest BCUT2D eigenvalue weighted by Crippen LogP contribution is 2.45. The second kappa shape index (κ2) is 25.0. The van der Waals surface area contributed by atoms with Crippen LogP contribution in [0.1, 0.15) is 52.7 Å². The van der Waals surface area contributed by atoms with Gasteiger partial charge in [0.1, 0.15) is 11.0 Å². The molecule has 0 amide bonds. The molecule has 0 unspecified atom stereocenters. The van der Waals surface area contributed by atoms with Gasteiger partial charge in [-0.1, -0.05) is 278 Å². The lowest BCUT2D eigenvalue weighted by Gasteiger charge is -2.26. The molecule has 0 atom stereocenters. The van der Waals surface area contributed by atoms with Crippen molar-refractivity contribution in [1.82, 2.24) is 13.3 Å². The number of benzene rings is 14. The van der Waals surface area contributed by atoms with Gasteiger partial charge >= 0.3 is 0 Å². The molecule has 0 N–H and O–H groups in total. The van der Waals surface area contributed by atoms with E-state index >= 15 is 0 Å². The Morgan fingerprint density at radius 3 is 0.969 bits per heavy atom. The molecule has 4 nitrogen and oxygen atoms in total. The van der Waals surface area contributed by atoms with Crippen LogP contribution in [0.4, 0.5) is 17.1 Å². The summed E-state index contributed by atoms with van der Waals surface area (Å²) in [7, 11) is 0. The molecule has 0 saturated heterocycles. The van der Waals surface area contributed by atoms with Crippen LogP contribution in [0.25, 0.3) is 139 Å². The summed E-state index contributed by atoms with van der Waals surface area (Å²) >= 11 is 1.26. The molecule has 16 aromatic rings. The van der Waals surface area contributed by atoms with Crippen LogP contribution in [0, 0.1) is 0 Å². The average molecular weight is 1270 g/mol. The highest BCUT2D eigenvalue weighted by Gasteiger charge is 2.23. The van der Waals surface area contributed by atoms with Crippen molar-refractivity contribution in [2.24, 2.45) is 0 Å². The minimum absolute atomic E-state index is 0.103. The lowest BCUT2D eigenvalue weighted by molar-refractivity contribution is 0.590. The van der Waals surface area contributed by atoms with E-state index in [2.05, 4.69) is 379 Å². The summed E-state index contributed by atoms with van der Waals surface area (Å²) in [5, 5.41) is 2.40. The van der Waals surface area contributed by atoms with Gasteiger partial charge in [-0.3, -0.25) is 0 Å². The maximum atomic E-state index is 5.11. The van der Waals surface area contributed by atoms with Gasteiger partial charge in [0.2, 0.25) is 0 Å². The summed E-state index contributed by atoms with van der Waals surface area (Å²) in [6.45, 7) is 13.6. The SMILES string of the molecule is CC(C)(C)c1ccc(-c2ccc(-c3ccc4c(c3)c3cc(-c5ccc(-c6ccc(C(C)(C)C)cc6)cc5)ccc3n4-c3ccc(-c4ccc(N(c5ccc(-c6ccccc6)cc5)c5ccc(-c6cc(-c7ccccc7)cc(-c7ccccc7)c6)cc5)c5nsnc45)cc3)cc2)cc1. The molecule has 0 aliphatic heterocycles. The number of aromatic nitrogens is 3. The Hall–Kier alpha value is -11.5. The van der Waals surface area contributed by atoms with E-state index in [9.17, 15) is 0 Å². The molecule has 0 saturated carbocycles. The van der Waals surface area contributed by atoms with E-state index in [0.717, 1.165) is 72.6 Å². The smallest absolute Gasteiger partial charge is 0.129 e. The molecule has 0 bridgehead atoms.